The summed E-state index contributed by atoms with van der Waals surface area (Å²) in [5, 5.41) is 0. The fourth-order valence-electron chi connectivity index (χ4n) is 4.06. The van der Waals surface area contributed by atoms with E-state index in [1.165, 1.54) is 16.7 Å². The maximum absolute atomic E-state index is 6.04. The summed E-state index contributed by atoms with van der Waals surface area (Å²) in [6, 6.07) is 32.0. The summed E-state index contributed by atoms with van der Waals surface area (Å²) in [6.45, 7) is 10.5. The Bertz CT molecular complexity index is 1480. The van der Waals surface area contributed by atoms with E-state index in [0.717, 1.165) is 11.1 Å². The van der Waals surface area contributed by atoms with E-state index < -0.39 is 0 Å². The van der Waals surface area contributed by atoms with Gasteiger partial charge in [-0.15, -0.1) is 15.0 Å². The van der Waals surface area contributed by atoms with Gasteiger partial charge in [0.15, 0.2) is 0 Å². The van der Waals surface area contributed by atoms with E-state index in [1.807, 2.05) is 74.5 Å². The minimum absolute atomic E-state index is 0.0692. The number of aromatic nitrogens is 3. The van der Waals surface area contributed by atoms with Crippen LogP contribution in [-0.4, -0.2) is 15.0 Å². The molecule has 4 aromatic carbocycles. The molecule has 0 spiro atoms. The third-order valence-corrected chi connectivity index (χ3v) is 6.59. The van der Waals surface area contributed by atoms with Crippen LogP contribution in [0.3, 0.4) is 0 Å². The van der Waals surface area contributed by atoms with Gasteiger partial charge in [-0.3, -0.25) is 0 Å². The molecule has 196 valence electrons. The largest absolute Gasteiger partial charge is 0.424 e. The predicted molar refractivity (Wildman–Crippen MR) is 152 cm³/mol. The molecule has 1 aromatic heterocycles. The molecule has 1 heterocycles. The number of benzene rings is 4. The van der Waals surface area contributed by atoms with Gasteiger partial charge in [-0.1, -0.05) is 91.2 Å². The lowest BCUT2D eigenvalue weighted by atomic mass is 9.78. The molecule has 0 unspecified atom stereocenters. The quantitative estimate of drug-likeness (QED) is 0.206. The predicted octanol–water partition coefficient (Wildman–Crippen LogP) is 8.50. The molecule has 5 aromatic rings. The normalized spacial score (nSPS) is 11.2. The Morgan fingerprint density at radius 3 is 1.00 bits per heavy atom. The first-order valence-corrected chi connectivity index (χ1v) is 12.9. The van der Waals surface area contributed by atoms with Crippen LogP contribution in [0.15, 0.2) is 97.1 Å². The highest BCUT2D eigenvalue weighted by Gasteiger charge is 2.23. The highest BCUT2D eigenvalue weighted by molar-refractivity contribution is 5.41. The van der Waals surface area contributed by atoms with E-state index >= 15 is 0 Å². The Kier molecular flexibility index (Phi) is 7.28. The number of ether oxygens (including phenoxy) is 3. The Morgan fingerprint density at radius 2 is 0.667 bits per heavy atom. The second-order valence-electron chi connectivity index (χ2n) is 10.1. The molecule has 6 heteroatoms. The SMILES string of the molecule is Cc1ccc(Oc2nc(Oc3ccc(C)cc3)nc(Oc3ccc(C(C)(C)c4ccc(C)cc4)cc3)n2)cc1. The van der Waals surface area contributed by atoms with E-state index in [2.05, 4.69) is 72.1 Å². The van der Waals surface area contributed by atoms with Crippen molar-refractivity contribution in [1.82, 2.24) is 15.0 Å². The first-order valence-electron chi connectivity index (χ1n) is 12.9. The van der Waals surface area contributed by atoms with Crippen LogP contribution in [0.5, 0.6) is 35.3 Å². The van der Waals surface area contributed by atoms with Crippen LogP contribution in [-0.2, 0) is 5.41 Å². The van der Waals surface area contributed by atoms with Crippen molar-refractivity contribution >= 4 is 0 Å². The molecule has 0 saturated heterocycles. The van der Waals surface area contributed by atoms with Gasteiger partial charge in [0.1, 0.15) is 17.2 Å². The summed E-state index contributed by atoms with van der Waals surface area (Å²) in [6.07, 6.45) is 0. The van der Waals surface area contributed by atoms with Gasteiger partial charge in [-0.2, -0.15) is 0 Å². The van der Waals surface area contributed by atoms with Crippen molar-refractivity contribution in [3.63, 3.8) is 0 Å². The van der Waals surface area contributed by atoms with Crippen molar-refractivity contribution in [2.24, 2.45) is 0 Å². The number of hydrogen-bond acceptors (Lipinski definition) is 6. The summed E-state index contributed by atoms with van der Waals surface area (Å²) in [4.78, 5) is 13.1. The zero-order valence-electron chi connectivity index (χ0n) is 22.8. The van der Waals surface area contributed by atoms with Crippen molar-refractivity contribution in [2.75, 3.05) is 0 Å². The molecule has 0 aliphatic carbocycles. The van der Waals surface area contributed by atoms with Crippen LogP contribution in [0, 0.1) is 20.8 Å². The molecule has 39 heavy (non-hydrogen) atoms. The monoisotopic (exact) mass is 517 g/mol. The third kappa shape index (κ3) is 6.41. The molecule has 0 saturated carbocycles. The smallest absolute Gasteiger partial charge is 0.331 e. The van der Waals surface area contributed by atoms with Crippen molar-refractivity contribution in [2.45, 2.75) is 40.0 Å². The highest BCUT2D eigenvalue weighted by Crippen LogP contribution is 2.33. The van der Waals surface area contributed by atoms with Gasteiger partial charge in [0.05, 0.1) is 0 Å². The first kappa shape index (κ1) is 25.9. The molecule has 0 fully saturated rings. The summed E-state index contributed by atoms with van der Waals surface area (Å²) in [5.74, 6) is 1.79. The minimum atomic E-state index is -0.163. The molecule has 0 aliphatic rings. The lowest BCUT2D eigenvalue weighted by molar-refractivity contribution is 0.362. The molecular formula is C33H31N3O3. The molecule has 0 amide bonds. The molecular weight excluding hydrogens is 486 g/mol. The van der Waals surface area contributed by atoms with Gasteiger partial charge < -0.3 is 14.2 Å². The molecule has 5 rings (SSSR count). The lowest BCUT2D eigenvalue weighted by Gasteiger charge is -2.26. The van der Waals surface area contributed by atoms with Crippen molar-refractivity contribution < 1.29 is 14.2 Å². The van der Waals surface area contributed by atoms with Crippen molar-refractivity contribution in [3.8, 4) is 35.3 Å². The van der Waals surface area contributed by atoms with Crippen LogP contribution in [0.25, 0.3) is 0 Å². The second kappa shape index (κ2) is 11.0. The van der Waals surface area contributed by atoms with Crippen LogP contribution in [0.4, 0.5) is 0 Å². The van der Waals surface area contributed by atoms with E-state index in [9.17, 15) is 0 Å². The topological polar surface area (TPSA) is 66.4 Å². The lowest BCUT2D eigenvalue weighted by Crippen LogP contribution is -2.18. The van der Waals surface area contributed by atoms with Crippen LogP contribution >= 0.6 is 0 Å². The number of nitrogens with zero attached hydrogens (tertiary/aromatic N) is 3. The first-order chi connectivity index (χ1) is 18.7. The highest BCUT2D eigenvalue weighted by atomic mass is 16.5. The maximum atomic E-state index is 6.04. The molecule has 0 bridgehead atoms. The number of rotatable bonds is 8. The fraction of sp³-hybridized carbons (Fsp3) is 0.182. The molecule has 6 nitrogen and oxygen atoms in total. The average molecular weight is 518 g/mol. The Morgan fingerprint density at radius 1 is 0.410 bits per heavy atom. The number of hydrogen-bond donors (Lipinski definition) is 0. The van der Waals surface area contributed by atoms with Crippen molar-refractivity contribution in [3.05, 3.63) is 125 Å². The van der Waals surface area contributed by atoms with Crippen LogP contribution < -0.4 is 14.2 Å². The maximum Gasteiger partial charge on any atom is 0.331 e. The Labute approximate surface area is 229 Å². The van der Waals surface area contributed by atoms with Gasteiger partial charge in [0, 0.05) is 5.41 Å². The van der Waals surface area contributed by atoms with E-state index in [1.54, 1.807) is 0 Å². The second-order valence-corrected chi connectivity index (χ2v) is 10.1. The summed E-state index contributed by atoms with van der Waals surface area (Å²) in [7, 11) is 0. The minimum Gasteiger partial charge on any atom is -0.424 e. The fourth-order valence-corrected chi connectivity index (χ4v) is 4.06. The van der Waals surface area contributed by atoms with Gasteiger partial charge >= 0.3 is 18.0 Å². The van der Waals surface area contributed by atoms with E-state index in [0.29, 0.717) is 17.2 Å². The summed E-state index contributed by atoms with van der Waals surface area (Å²) >= 11 is 0. The van der Waals surface area contributed by atoms with Crippen molar-refractivity contribution in [1.29, 1.82) is 0 Å². The van der Waals surface area contributed by atoms with E-state index in [-0.39, 0.29) is 23.4 Å². The van der Waals surface area contributed by atoms with Crippen LogP contribution in [0.2, 0.25) is 0 Å². The Hall–Kier alpha value is -4.71. The molecule has 0 N–H and O–H groups in total. The summed E-state index contributed by atoms with van der Waals surface area (Å²) in [5.41, 5.74) is 5.74. The van der Waals surface area contributed by atoms with Gasteiger partial charge in [0.2, 0.25) is 0 Å². The van der Waals surface area contributed by atoms with Gasteiger partial charge in [0.25, 0.3) is 0 Å². The average Bonchev–Trinajstić information content (AvgIpc) is 2.92. The third-order valence-electron chi connectivity index (χ3n) is 6.59. The standard InChI is InChI=1S/C33H31N3O3/c1-22-6-12-25(13-7-22)33(4,5)26-14-20-29(21-15-26)39-32-35-30(37-27-16-8-23(2)9-17-27)34-31(36-32)38-28-18-10-24(3)11-19-28/h6-21H,1-5H3. The van der Waals surface area contributed by atoms with Gasteiger partial charge in [-0.25, -0.2) is 0 Å². The van der Waals surface area contributed by atoms with Crippen LogP contribution in [0.1, 0.15) is 41.7 Å². The molecule has 0 aliphatic heterocycles. The Balaban J connectivity index is 1.40. The zero-order valence-corrected chi connectivity index (χ0v) is 22.8. The zero-order chi connectivity index (χ0) is 27.4. The number of aryl methyl sites for hydroxylation is 3. The summed E-state index contributed by atoms with van der Waals surface area (Å²) < 4.78 is 17.9. The molecule has 0 radical (unpaired) electrons. The molecule has 0 atom stereocenters. The van der Waals surface area contributed by atoms with Gasteiger partial charge in [-0.05, 0) is 68.3 Å². The van der Waals surface area contributed by atoms with E-state index in [4.69, 9.17) is 14.2 Å².